The SMILES string of the molecule is O=[PH](c1ccc(P2(=O)N(c3ccccc3)c3ccccc3N2c2ccc(-c3ccc(-n4c5ccccc5c5cc(-c6ccc7c(c6)c6cc(-c8ccc9c(c8)c8ccccc8n9-c8ccccc8)ccc6n7-c6cccc(-c7nc(-c8ccccc8)cc(-c8ccccc8)n7)c6)ccc54)cc3)cc2)cc1)N(c1ccccc1)c1ccccc1Nc1ccccc1. The van der Waals surface area contributed by atoms with Crippen LogP contribution < -0.4 is 29.9 Å². The van der Waals surface area contributed by atoms with Gasteiger partial charge in [0, 0.05) is 94.1 Å². The van der Waals surface area contributed by atoms with Crippen molar-refractivity contribution in [2.24, 2.45) is 0 Å². The Kier molecular flexibility index (Phi) is 18.4. The maximum atomic E-state index is 17.1. The van der Waals surface area contributed by atoms with Crippen LogP contribution >= 0.6 is 15.4 Å². The largest absolute Gasteiger partial charge is 0.354 e. The van der Waals surface area contributed by atoms with Crippen molar-refractivity contribution in [2.75, 3.05) is 19.3 Å². The minimum Gasteiger partial charge on any atom is -0.354 e. The molecule has 23 rings (SSSR count). The first-order chi connectivity index (χ1) is 61.8. The zero-order chi connectivity index (χ0) is 83.1. The Labute approximate surface area is 723 Å². The fourth-order valence-corrected chi connectivity index (χ4v) is 23.0. The van der Waals surface area contributed by atoms with Gasteiger partial charge in [0.2, 0.25) is 0 Å². The molecule has 5 heterocycles. The standard InChI is InChI=1S/C112H77N9O2P2/c122-124(119(88-37-15-5-16-38-88)109-47-24-21-44-100(109)113-85-33-11-3-12-34-85)92-62-64-93(65-63-92)125(123)120(89-39-17-6-18-40-89)110-48-25-26-49-111(110)121(125)90-60-52-77(53-61-90)76-50-58-87(59-51-76)117-104-46-23-20-43-95(104)97-72-81(55-67-106(97)117)83-57-69-108-99(74-83)98-73-82(80-54-66-105-96(71-80)94-42-19-22-45-103(94)116(105)86-35-13-4-14-36-86)56-68-107(98)118(108)91-41-27-32-84(70-91)112-114-101(78-28-7-1-8-29-78)75-102(115-112)79-30-9-2-10-31-79/h1-75,113,124H. The summed E-state index contributed by atoms with van der Waals surface area (Å²) in [6.07, 6.45) is 0. The third-order valence-corrected chi connectivity index (χ3v) is 29.0. The highest BCUT2D eigenvalue weighted by Crippen LogP contribution is 2.70. The number of hydrogen-bond donors (Lipinski definition) is 1. The number of nitrogens with one attached hydrogen (secondary N) is 1. The predicted octanol–water partition coefficient (Wildman–Crippen LogP) is 29.3. The van der Waals surface area contributed by atoms with Gasteiger partial charge in [0.25, 0.3) is 0 Å². The monoisotopic (exact) mass is 1640 g/mol. The molecular formula is C112H77N9O2P2. The summed E-state index contributed by atoms with van der Waals surface area (Å²) in [5, 5.41) is 11.8. The zero-order valence-electron chi connectivity index (χ0n) is 67.6. The van der Waals surface area contributed by atoms with Gasteiger partial charge < -0.3 is 19.0 Å². The minimum atomic E-state index is -3.83. The van der Waals surface area contributed by atoms with E-state index in [0.29, 0.717) is 16.4 Å². The van der Waals surface area contributed by atoms with Crippen LogP contribution in [0.3, 0.4) is 0 Å². The van der Waals surface area contributed by atoms with Crippen molar-refractivity contribution in [2.45, 2.75) is 0 Å². The van der Waals surface area contributed by atoms with E-state index in [0.717, 1.165) is 173 Å². The molecule has 0 amide bonds. The molecule has 11 nitrogen and oxygen atoms in total. The molecule has 13 heteroatoms. The van der Waals surface area contributed by atoms with Crippen molar-refractivity contribution in [3.8, 4) is 84.3 Å². The van der Waals surface area contributed by atoms with Crippen molar-refractivity contribution < 1.29 is 9.13 Å². The second kappa shape index (κ2) is 31.0. The number of para-hydroxylation sites is 10. The number of fused-ring (bicyclic) bond motifs is 10. The van der Waals surface area contributed by atoms with Gasteiger partial charge >= 0.3 is 7.44 Å². The summed E-state index contributed by atoms with van der Waals surface area (Å²) >= 11 is 0. The van der Waals surface area contributed by atoms with Gasteiger partial charge in [0.05, 0.1) is 72.5 Å². The van der Waals surface area contributed by atoms with Crippen LogP contribution in [0.2, 0.25) is 0 Å². The Bertz CT molecular complexity index is 7930. The van der Waals surface area contributed by atoms with Crippen molar-refractivity contribution in [1.29, 1.82) is 0 Å². The van der Waals surface area contributed by atoms with E-state index in [4.69, 9.17) is 9.97 Å². The lowest BCUT2D eigenvalue weighted by Crippen LogP contribution is -2.27. The van der Waals surface area contributed by atoms with E-state index in [-0.39, 0.29) is 0 Å². The Morgan fingerprint density at radius 3 is 1.15 bits per heavy atom. The summed E-state index contributed by atoms with van der Waals surface area (Å²) in [5.74, 6) is 0.650. The third-order valence-electron chi connectivity index (χ3n) is 24.3. The normalized spacial score (nSPS) is 13.5. The minimum absolute atomic E-state index is 0.593. The van der Waals surface area contributed by atoms with E-state index in [1.54, 1.807) is 0 Å². The molecule has 1 aliphatic rings. The summed E-state index contributed by atoms with van der Waals surface area (Å²) < 4.78 is 45.7. The fraction of sp³-hybridized carbons (Fsp3) is 0. The first kappa shape index (κ1) is 74.2. The van der Waals surface area contributed by atoms with E-state index in [2.05, 4.69) is 298 Å². The van der Waals surface area contributed by atoms with Crippen LogP contribution in [0.25, 0.3) is 150 Å². The molecule has 592 valence electrons. The average molecular weight is 1640 g/mol. The fourth-order valence-electron chi connectivity index (χ4n) is 18.5. The molecule has 1 aliphatic heterocycles. The topological polar surface area (TPSA) is 96.5 Å². The molecule has 2 atom stereocenters. The van der Waals surface area contributed by atoms with Crippen molar-refractivity contribution in [3.05, 3.63) is 455 Å². The van der Waals surface area contributed by atoms with Crippen LogP contribution in [0.4, 0.5) is 45.5 Å². The van der Waals surface area contributed by atoms with Gasteiger partial charge in [-0.15, -0.1) is 0 Å². The first-order valence-electron chi connectivity index (χ1n) is 42.1. The number of rotatable bonds is 18. The Morgan fingerprint density at radius 1 is 0.272 bits per heavy atom. The number of hydrogen-bond acceptors (Lipinski definition) is 5. The Morgan fingerprint density at radius 2 is 0.640 bits per heavy atom. The lowest BCUT2D eigenvalue weighted by atomic mass is 9.98. The lowest BCUT2D eigenvalue weighted by molar-refractivity contribution is 0.582. The summed E-state index contributed by atoms with van der Waals surface area (Å²) in [6.45, 7) is 0. The van der Waals surface area contributed by atoms with Gasteiger partial charge in [-0.2, -0.15) is 0 Å². The highest BCUT2D eigenvalue weighted by Gasteiger charge is 2.49. The predicted molar refractivity (Wildman–Crippen MR) is 522 cm³/mol. The van der Waals surface area contributed by atoms with Crippen LogP contribution in [0.15, 0.2) is 455 Å². The Balaban J connectivity index is 0.588. The number of aromatic nitrogens is 5. The molecule has 2 unspecified atom stereocenters. The molecule has 22 aromatic rings. The van der Waals surface area contributed by atoms with Crippen molar-refractivity contribution in [1.82, 2.24) is 23.7 Å². The van der Waals surface area contributed by atoms with Crippen LogP contribution in [0.1, 0.15) is 0 Å². The molecule has 0 spiro atoms. The molecular weight excluding hydrogens is 1570 g/mol. The summed E-state index contributed by atoms with van der Waals surface area (Å²) in [4.78, 5) is 10.6. The number of benzene rings is 18. The van der Waals surface area contributed by atoms with E-state index >= 15 is 9.13 Å². The molecule has 4 aromatic heterocycles. The van der Waals surface area contributed by atoms with Gasteiger partial charge in [-0.25, -0.2) is 9.97 Å². The number of anilines is 8. The van der Waals surface area contributed by atoms with Gasteiger partial charge in [-0.1, -0.05) is 255 Å². The quantitative estimate of drug-likeness (QED) is 0.0849. The van der Waals surface area contributed by atoms with Crippen LogP contribution in [0, 0.1) is 0 Å². The van der Waals surface area contributed by atoms with Gasteiger partial charge in [-0.05, 0) is 234 Å². The average Bonchev–Trinajstić information content (AvgIpc) is 1.53. The Hall–Kier alpha value is -15.9. The third kappa shape index (κ3) is 13.0. The maximum Gasteiger partial charge on any atom is 0.301 e. The molecule has 18 aromatic carbocycles. The molecule has 0 bridgehead atoms. The van der Waals surface area contributed by atoms with E-state index < -0.39 is 15.4 Å². The van der Waals surface area contributed by atoms with Crippen LogP contribution in [0.5, 0.6) is 0 Å². The van der Waals surface area contributed by atoms with E-state index in [1.807, 2.05) is 190 Å². The first-order valence-corrected chi connectivity index (χ1v) is 45.0. The zero-order valence-corrected chi connectivity index (χ0v) is 69.5. The smallest absolute Gasteiger partial charge is 0.301 e. The van der Waals surface area contributed by atoms with Gasteiger partial charge in [-0.3, -0.25) is 23.1 Å². The highest BCUT2D eigenvalue weighted by atomic mass is 31.2. The molecule has 0 aliphatic carbocycles. The molecule has 0 radical (unpaired) electrons. The maximum absolute atomic E-state index is 17.1. The van der Waals surface area contributed by atoms with Crippen molar-refractivity contribution in [3.63, 3.8) is 0 Å². The van der Waals surface area contributed by atoms with E-state index in [9.17, 15) is 0 Å². The lowest BCUT2D eigenvalue weighted by Gasteiger charge is -2.33. The second-order valence-corrected chi connectivity index (χ2v) is 35.7. The highest BCUT2D eigenvalue weighted by molar-refractivity contribution is 7.76. The number of nitrogens with zero attached hydrogens (tertiary/aromatic N) is 8. The van der Waals surface area contributed by atoms with Crippen LogP contribution in [-0.2, 0) is 9.13 Å². The molecule has 0 fully saturated rings. The molecule has 0 saturated heterocycles. The summed E-state index contributed by atoms with van der Waals surface area (Å²) in [7, 11) is -6.60. The van der Waals surface area contributed by atoms with Crippen molar-refractivity contribution >= 4 is 137 Å². The van der Waals surface area contributed by atoms with E-state index in [1.165, 1.54) is 16.3 Å². The summed E-state index contributed by atoms with van der Waals surface area (Å²) in [5.41, 5.74) is 27.6. The second-order valence-electron chi connectivity index (χ2n) is 31.7. The molecule has 1 N–H and O–H groups in total. The molecule has 0 saturated carbocycles. The summed E-state index contributed by atoms with van der Waals surface area (Å²) in [6, 6.07) is 158. The van der Waals surface area contributed by atoms with Gasteiger partial charge in [0.15, 0.2) is 13.8 Å². The van der Waals surface area contributed by atoms with Gasteiger partial charge in [0.1, 0.15) is 0 Å². The van der Waals surface area contributed by atoms with Crippen LogP contribution in [-0.4, -0.2) is 23.7 Å². The molecule has 125 heavy (non-hydrogen) atoms.